The van der Waals surface area contributed by atoms with Gasteiger partial charge in [-0.05, 0) is 33.2 Å². The maximum absolute atomic E-state index is 12.2. The molecule has 0 heterocycles. The van der Waals surface area contributed by atoms with E-state index >= 15 is 0 Å². The number of nitrogens with one attached hydrogen (secondary N) is 3. The Bertz CT molecular complexity index is 543. The molecule has 28 heavy (non-hydrogen) atoms. The van der Waals surface area contributed by atoms with Gasteiger partial charge in [-0.25, -0.2) is 4.79 Å². The van der Waals surface area contributed by atoms with E-state index in [4.69, 9.17) is 21.7 Å². The Morgan fingerprint density at radius 1 is 0.964 bits per heavy atom. The largest absolute Gasteiger partial charge is 0.480 e. The van der Waals surface area contributed by atoms with Crippen LogP contribution in [0.3, 0.4) is 0 Å². The van der Waals surface area contributed by atoms with E-state index in [1.807, 2.05) is 5.32 Å². The minimum atomic E-state index is -1.59. The molecule has 0 aliphatic carbocycles. The first-order valence-electron chi connectivity index (χ1n) is 8.93. The fraction of sp³-hybridized carbons (Fsp3) is 0.750. The molecule has 0 saturated heterocycles. The summed E-state index contributed by atoms with van der Waals surface area (Å²) < 4.78 is 0. The summed E-state index contributed by atoms with van der Waals surface area (Å²) in [5.41, 5.74) is 11.1. The summed E-state index contributed by atoms with van der Waals surface area (Å²) in [5, 5.41) is 34.2. The lowest BCUT2D eigenvalue weighted by atomic mass is 10.1. The minimum Gasteiger partial charge on any atom is -0.480 e. The molecule has 0 aromatic carbocycles. The van der Waals surface area contributed by atoms with Crippen molar-refractivity contribution in [3.05, 3.63) is 0 Å². The van der Waals surface area contributed by atoms with E-state index in [1.165, 1.54) is 13.8 Å². The topological polar surface area (TPSA) is 217 Å². The summed E-state index contributed by atoms with van der Waals surface area (Å²) in [5.74, 6) is -3.80. The van der Waals surface area contributed by atoms with Crippen LogP contribution >= 0.6 is 0 Å². The van der Waals surface area contributed by atoms with Crippen LogP contribution in [0.1, 0.15) is 33.1 Å². The first-order chi connectivity index (χ1) is 13.0. The third-order valence-corrected chi connectivity index (χ3v) is 3.92. The van der Waals surface area contributed by atoms with Crippen LogP contribution in [0.2, 0.25) is 0 Å². The smallest absolute Gasteiger partial charge is 0.328 e. The highest BCUT2D eigenvalue weighted by molar-refractivity contribution is 5.94. The average molecular weight is 405 g/mol. The predicted molar refractivity (Wildman–Crippen MR) is 98.7 cm³/mol. The van der Waals surface area contributed by atoms with Gasteiger partial charge in [-0.2, -0.15) is 0 Å². The molecule has 0 spiro atoms. The van der Waals surface area contributed by atoms with Crippen LogP contribution in [0.25, 0.3) is 0 Å². The summed E-state index contributed by atoms with van der Waals surface area (Å²) >= 11 is 0. The zero-order chi connectivity index (χ0) is 21.9. The Balaban J connectivity index is 4.80. The molecule has 0 aliphatic heterocycles. The van der Waals surface area contributed by atoms with Crippen molar-refractivity contribution in [2.45, 2.75) is 63.4 Å². The summed E-state index contributed by atoms with van der Waals surface area (Å²) in [6.45, 7) is 2.20. The van der Waals surface area contributed by atoms with Crippen molar-refractivity contribution in [1.29, 1.82) is 0 Å². The van der Waals surface area contributed by atoms with Crippen LogP contribution in [0.5, 0.6) is 0 Å². The number of rotatable bonds is 13. The Hall–Kier alpha value is -2.28. The van der Waals surface area contributed by atoms with E-state index in [0.717, 1.165) is 0 Å². The second-order valence-electron chi connectivity index (χ2n) is 6.43. The first-order valence-corrected chi connectivity index (χ1v) is 8.93. The molecular formula is C16H31N5O7. The minimum absolute atomic E-state index is 0.397. The number of carboxylic acid groups (broad SMARTS) is 1. The van der Waals surface area contributed by atoms with Gasteiger partial charge in [-0.15, -0.1) is 0 Å². The molecule has 0 aliphatic rings. The number of aliphatic hydroxyl groups excluding tert-OH is 2. The highest BCUT2D eigenvalue weighted by Gasteiger charge is 2.31. The van der Waals surface area contributed by atoms with E-state index in [2.05, 4.69) is 10.6 Å². The van der Waals surface area contributed by atoms with Gasteiger partial charge in [-0.1, -0.05) is 6.42 Å². The second kappa shape index (κ2) is 13.0. The number of carboxylic acids is 1. The van der Waals surface area contributed by atoms with E-state index < -0.39 is 60.6 Å². The van der Waals surface area contributed by atoms with Crippen LogP contribution in [0, 0.1) is 0 Å². The lowest BCUT2D eigenvalue weighted by Gasteiger charge is -2.25. The van der Waals surface area contributed by atoms with E-state index in [1.54, 1.807) is 0 Å². The summed E-state index contributed by atoms with van der Waals surface area (Å²) in [4.78, 5) is 47.2. The molecule has 162 valence electrons. The van der Waals surface area contributed by atoms with E-state index in [9.17, 15) is 24.3 Å². The number of aliphatic hydroxyl groups is 2. The Morgan fingerprint density at radius 2 is 1.57 bits per heavy atom. The van der Waals surface area contributed by atoms with Crippen LogP contribution in [-0.2, 0) is 19.2 Å². The Morgan fingerprint density at radius 3 is 2.04 bits per heavy atom. The molecule has 10 N–H and O–H groups in total. The lowest BCUT2D eigenvalue weighted by Crippen LogP contribution is -2.59. The van der Waals surface area contributed by atoms with Gasteiger partial charge in [0.15, 0.2) is 0 Å². The lowest BCUT2D eigenvalue weighted by molar-refractivity contribution is -0.144. The van der Waals surface area contributed by atoms with Gasteiger partial charge < -0.3 is 42.7 Å². The van der Waals surface area contributed by atoms with Crippen LogP contribution in [0.4, 0.5) is 0 Å². The number of nitrogens with two attached hydrogens (primary N) is 2. The molecule has 0 aromatic heterocycles. The van der Waals surface area contributed by atoms with Crippen molar-refractivity contribution in [3.63, 3.8) is 0 Å². The molecule has 0 saturated carbocycles. The standard InChI is InChI=1S/C16H31N5O7/c1-8(19-14(25)10(18)5-3-4-6-17)13(24)21-12(9(2)23)15(26)20-11(7-22)16(27)28/h8-12,22-23H,3-7,17-18H2,1-2H3,(H,19,25)(H,20,26)(H,21,24)(H,27,28). The first kappa shape index (κ1) is 25.7. The van der Waals surface area contributed by atoms with Crippen molar-refractivity contribution >= 4 is 23.7 Å². The Kier molecular flexibility index (Phi) is 11.9. The van der Waals surface area contributed by atoms with Crippen LogP contribution in [-0.4, -0.2) is 82.4 Å². The summed E-state index contributed by atoms with van der Waals surface area (Å²) in [6, 6.07) is -4.96. The van der Waals surface area contributed by atoms with Crippen molar-refractivity contribution in [3.8, 4) is 0 Å². The number of carbonyl (C=O) groups excluding carboxylic acids is 3. The van der Waals surface area contributed by atoms with Gasteiger partial charge in [0.05, 0.1) is 18.8 Å². The number of unbranched alkanes of at least 4 members (excludes halogenated alkanes) is 1. The summed E-state index contributed by atoms with van der Waals surface area (Å²) in [6.07, 6.45) is 0.408. The fourth-order valence-corrected chi connectivity index (χ4v) is 2.16. The third-order valence-electron chi connectivity index (χ3n) is 3.92. The SMILES string of the molecule is CC(NC(=O)C(N)CCCCN)C(=O)NC(C(=O)NC(CO)C(=O)O)C(C)O. The molecular weight excluding hydrogens is 374 g/mol. The van der Waals surface area contributed by atoms with Gasteiger partial charge >= 0.3 is 5.97 Å². The monoisotopic (exact) mass is 405 g/mol. The summed E-state index contributed by atoms with van der Waals surface area (Å²) in [7, 11) is 0. The van der Waals surface area contributed by atoms with Crippen LogP contribution in [0.15, 0.2) is 0 Å². The Labute approximate surface area is 163 Å². The van der Waals surface area contributed by atoms with Crippen molar-refractivity contribution < 1.29 is 34.5 Å². The molecule has 5 unspecified atom stereocenters. The third kappa shape index (κ3) is 9.08. The van der Waals surface area contributed by atoms with E-state index in [-0.39, 0.29) is 0 Å². The molecule has 0 fully saturated rings. The number of amides is 3. The molecule has 0 aromatic rings. The molecule has 5 atom stereocenters. The maximum atomic E-state index is 12.2. The average Bonchev–Trinajstić information content (AvgIpc) is 2.62. The molecule has 0 bridgehead atoms. The highest BCUT2D eigenvalue weighted by atomic mass is 16.4. The number of hydrogen-bond acceptors (Lipinski definition) is 8. The van der Waals surface area contributed by atoms with Crippen molar-refractivity contribution in [2.24, 2.45) is 11.5 Å². The normalized spacial score (nSPS) is 16.2. The van der Waals surface area contributed by atoms with Crippen molar-refractivity contribution in [1.82, 2.24) is 16.0 Å². The molecule has 0 rings (SSSR count). The van der Waals surface area contributed by atoms with Gasteiger partial charge in [0.25, 0.3) is 0 Å². The van der Waals surface area contributed by atoms with E-state index in [0.29, 0.717) is 25.8 Å². The fourth-order valence-electron chi connectivity index (χ4n) is 2.16. The molecule has 12 nitrogen and oxygen atoms in total. The highest BCUT2D eigenvalue weighted by Crippen LogP contribution is 2.00. The number of hydrogen-bond donors (Lipinski definition) is 8. The quantitative estimate of drug-likeness (QED) is 0.142. The zero-order valence-electron chi connectivity index (χ0n) is 16.1. The van der Waals surface area contributed by atoms with Gasteiger partial charge in [-0.3, -0.25) is 14.4 Å². The van der Waals surface area contributed by atoms with Crippen LogP contribution < -0.4 is 27.4 Å². The van der Waals surface area contributed by atoms with Gasteiger partial charge in [0.2, 0.25) is 17.7 Å². The zero-order valence-corrected chi connectivity index (χ0v) is 16.1. The number of aliphatic carboxylic acids is 1. The molecule has 12 heteroatoms. The number of carbonyl (C=O) groups is 4. The molecule has 3 amide bonds. The molecule has 0 radical (unpaired) electrons. The predicted octanol–water partition coefficient (Wildman–Crippen LogP) is -3.63. The van der Waals surface area contributed by atoms with Crippen molar-refractivity contribution in [2.75, 3.05) is 13.2 Å². The second-order valence-corrected chi connectivity index (χ2v) is 6.43. The van der Waals surface area contributed by atoms with Gasteiger partial charge in [0.1, 0.15) is 18.1 Å². The maximum Gasteiger partial charge on any atom is 0.328 e. The van der Waals surface area contributed by atoms with Gasteiger partial charge in [0, 0.05) is 0 Å².